The molecule has 1 aliphatic rings. The number of halogens is 7. The summed E-state index contributed by atoms with van der Waals surface area (Å²) >= 11 is 0. The normalized spacial score (nSPS) is 19.5. The summed E-state index contributed by atoms with van der Waals surface area (Å²) in [5.74, 6) is -0.992. The smallest absolute Gasteiger partial charge is 0.352 e. The van der Waals surface area contributed by atoms with Crippen LogP contribution in [0.5, 0.6) is 0 Å². The van der Waals surface area contributed by atoms with E-state index in [2.05, 4.69) is 5.32 Å². The van der Waals surface area contributed by atoms with Crippen LogP contribution in [0.1, 0.15) is 55.9 Å². The fraction of sp³-hybridized carbons (Fsp3) is 0.400. The molecule has 1 amide bonds. The van der Waals surface area contributed by atoms with Crippen molar-refractivity contribution in [2.75, 3.05) is 0 Å². The number of carbonyl (C=O) groups is 1. The first-order chi connectivity index (χ1) is 16.1. The SMILES string of the molecule is CCC(C)NC(=O)[C@@]1(C)CC=C(c2cc(C(F)(F)F)cc(C(F)(F)F)c2)N1Cc1cccc(F)c1. The molecule has 190 valence electrons. The second kappa shape index (κ2) is 9.54. The minimum atomic E-state index is -5.01. The third-order valence-corrected chi connectivity index (χ3v) is 6.17. The number of amides is 1. The van der Waals surface area contributed by atoms with Crippen molar-refractivity contribution in [1.29, 1.82) is 0 Å². The average molecular weight is 502 g/mol. The Hall–Kier alpha value is -3.04. The third kappa shape index (κ3) is 5.79. The van der Waals surface area contributed by atoms with Gasteiger partial charge in [-0.15, -0.1) is 0 Å². The van der Waals surface area contributed by atoms with Gasteiger partial charge >= 0.3 is 12.4 Å². The molecule has 0 fully saturated rings. The maximum atomic E-state index is 13.8. The second-order valence-electron chi connectivity index (χ2n) is 8.86. The van der Waals surface area contributed by atoms with E-state index in [4.69, 9.17) is 0 Å². The molecular weight excluding hydrogens is 477 g/mol. The number of hydrogen-bond donors (Lipinski definition) is 1. The first-order valence-corrected chi connectivity index (χ1v) is 11.0. The van der Waals surface area contributed by atoms with Crippen LogP contribution in [-0.2, 0) is 23.7 Å². The Morgan fingerprint density at radius 1 is 1.06 bits per heavy atom. The highest BCUT2D eigenvalue weighted by atomic mass is 19.4. The van der Waals surface area contributed by atoms with Crippen molar-refractivity contribution in [3.8, 4) is 0 Å². The van der Waals surface area contributed by atoms with Gasteiger partial charge in [-0.05, 0) is 68.1 Å². The molecule has 0 spiro atoms. The Morgan fingerprint density at radius 2 is 1.66 bits per heavy atom. The van der Waals surface area contributed by atoms with E-state index in [0.717, 1.165) is 0 Å². The van der Waals surface area contributed by atoms with Crippen molar-refractivity contribution in [3.63, 3.8) is 0 Å². The first kappa shape index (κ1) is 26.6. The molecule has 2 aromatic rings. The molecule has 35 heavy (non-hydrogen) atoms. The quantitative estimate of drug-likeness (QED) is 0.442. The zero-order chi connectivity index (χ0) is 26.2. The van der Waals surface area contributed by atoms with E-state index in [-0.39, 0.29) is 36.3 Å². The molecule has 2 atom stereocenters. The average Bonchev–Trinajstić information content (AvgIpc) is 3.09. The van der Waals surface area contributed by atoms with Crippen LogP contribution in [0.15, 0.2) is 48.5 Å². The molecule has 10 heteroatoms. The molecule has 3 rings (SSSR count). The van der Waals surface area contributed by atoms with E-state index in [1.54, 1.807) is 19.9 Å². The molecule has 0 aromatic heterocycles. The van der Waals surface area contributed by atoms with Crippen molar-refractivity contribution in [2.45, 2.75) is 64.1 Å². The molecule has 1 unspecified atom stereocenters. The zero-order valence-corrected chi connectivity index (χ0v) is 19.3. The van der Waals surface area contributed by atoms with E-state index in [0.29, 0.717) is 24.1 Å². The van der Waals surface area contributed by atoms with Crippen molar-refractivity contribution < 1.29 is 35.5 Å². The fourth-order valence-corrected chi connectivity index (χ4v) is 3.93. The van der Waals surface area contributed by atoms with E-state index in [9.17, 15) is 35.5 Å². The van der Waals surface area contributed by atoms with Crippen LogP contribution in [0.3, 0.4) is 0 Å². The summed E-state index contributed by atoms with van der Waals surface area (Å²) in [6, 6.07) is 6.55. The van der Waals surface area contributed by atoms with E-state index in [1.807, 2.05) is 6.92 Å². The number of nitrogens with zero attached hydrogens (tertiary/aromatic N) is 1. The van der Waals surface area contributed by atoms with Gasteiger partial charge in [0.05, 0.1) is 11.1 Å². The standard InChI is InChI=1S/C25H25F7N2O/c1-4-15(2)33-22(35)23(3)9-8-21(34(23)14-16-6-5-7-20(26)10-16)17-11-18(24(27,28)29)13-19(12-17)25(30,31)32/h5-8,10-13,15H,4,9,14H2,1-3H3,(H,33,35)/t15?,23-/m1/s1. The lowest BCUT2D eigenvalue weighted by Gasteiger charge is -2.39. The van der Waals surface area contributed by atoms with Crippen molar-refractivity contribution >= 4 is 11.6 Å². The number of carbonyl (C=O) groups excluding carboxylic acids is 1. The van der Waals surface area contributed by atoms with Gasteiger partial charge in [0.1, 0.15) is 11.4 Å². The van der Waals surface area contributed by atoms with Crippen LogP contribution >= 0.6 is 0 Å². The van der Waals surface area contributed by atoms with Gasteiger partial charge < -0.3 is 10.2 Å². The lowest BCUT2D eigenvalue weighted by molar-refractivity contribution is -0.143. The molecular formula is C25H25F7N2O. The van der Waals surface area contributed by atoms with Gasteiger partial charge in [-0.3, -0.25) is 4.79 Å². The van der Waals surface area contributed by atoms with Gasteiger partial charge in [0, 0.05) is 18.3 Å². The molecule has 1 heterocycles. The minimum Gasteiger partial charge on any atom is -0.352 e. The van der Waals surface area contributed by atoms with Crippen LogP contribution in [0.4, 0.5) is 30.7 Å². The lowest BCUT2D eigenvalue weighted by Crippen LogP contribution is -2.55. The van der Waals surface area contributed by atoms with Crippen molar-refractivity contribution in [1.82, 2.24) is 10.2 Å². The Labute approximate surface area is 198 Å². The van der Waals surface area contributed by atoms with Crippen LogP contribution < -0.4 is 5.32 Å². The van der Waals surface area contributed by atoms with E-state index >= 15 is 0 Å². The predicted octanol–water partition coefficient (Wildman–Crippen LogP) is 6.78. The molecule has 1 aliphatic heterocycles. The minimum absolute atomic E-state index is 0.0349. The molecule has 0 bridgehead atoms. The Balaban J connectivity index is 2.13. The first-order valence-electron chi connectivity index (χ1n) is 11.0. The summed E-state index contributed by atoms with van der Waals surface area (Å²) < 4.78 is 94.6. The molecule has 0 aliphatic carbocycles. The molecule has 0 saturated heterocycles. The van der Waals surface area contributed by atoms with Gasteiger partial charge in [0.25, 0.3) is 0 Å². The number of nitrogens with one attached hydrogen (secondary N) is 1. The highest BCUT2D eigenvalue weighted by Gasteiger charge is 2.45. The topological polar surface area (TPSA) is 32.3 Å². The summed E-state index contributed by atoms with van der Waals surface area (Å²) in [7, 11) is 0. The Morgan fingerprint density at radius 3 is 2.17 bits per heavy atom. The molecule has 3 nitrogen and oxygen atoms in total. The summed E-state index contributed by atoms with van der Waals surface area (Å²) in [5, 5.41) is 2.83. The van der Waals surface area contributed by atoms with Crippen LogP contribution in [0.25, 0.3) is 5.70 Å². The van der Waals surface area contributed by atoms with Crippen molar-refractivity contribution in [3.05, 3.63) is 76.6 Å². The second-order valence-corrected chi connectivity index (χ2v) is 8.86. The van der Waals surface area contributed by atoms with E-state index < -0.39 is 40.7 Å². The van der Waals surface area contributed by atoms with E-state index in [1.165, 1.54) is 29.2 Å². The molecule has 0 radical (unpaired) electrons. The summed E-state index contributed by atoms with van der Waals surface area (Å²) in [4.78, 5) is 14.7. The molecule has 1 N–H and O–H groups in total. The van der Waals surface area contributed by atoms with Crippen molar-refractivity contribution in [2.24, 2.45) is 0 Å². The van der Waals surface area contributed by atoms with Gasteiger partial charge in [0.2, 0.25) is 5.91 Å². The number of benzene rings is 2. The monoisotopic (exact) mass is 502 g/mol. The van der Waals surface area contributed by atoms with Crippen LogP contribution in [0, 0.1) is 5.82 Å². The highest BCUT2D eigenvalue weighted by Crippen LogP contribution is 2.43. The van der Waals surface area contributed by atoms with Crippen LogP contribution in [-0.4, -0.2) is 22.4 Å². The Bertz CT molecular complexity index is 1090. The van der Waals surface area contributed by atoms with Gasteiger partial charge in [0.15, 0.2) is 0 Å². The Kier molecular flexibility index (Phi) is 7.24. The lowest BCUT2D eigenvalue weighted by atomic mass is 9.95. The van der Waals surface area contributed by atoms with Gasteiger partial charge in [-0.1, -0.05) is 25.1 Å². The van der Waals surface area contributed by atoms with Gasteiger partial charge in [-0.25, -0.2) is 4.39 Å². The maximum absolute atomic E-state index is 13.8. The number of hydrogen-bond acceptors (Lipinski definition) is 2. The summed E-state index contributed by atoms with van der Waals surface area (Å²) in [6.45, 7) is 5.10. The number of alkyl halides is 6. The highest BCUT2D eigenvalue weighted by molar-refractivity contribution is 5.90. The van der Waals surface area contributed by atoms with Gasteiger partial charge in [-0.2, -0.15) is 26.3 Å². The maximum Gasteiger partial charge on any atom is 0.416 e. The van der Waals surface area contributed by atoms with Crippen LogP contribution in [0.2, 0.25) is 0 Å². The predicted molar refractivity (Wildman–Crippen MR) is 117 cm³/mol. The zero-order valence-electron chi connectivity index (χ0n) is 19.3. The molecule has 2 aromatic carbocycles. The largest absolute Gasteiger partial charge is 0.416 e. The fourth-order valence-electron chi connectivity index (χ4n) is 3.93. The number of rotatable bonds is 6. The molecule has 0 saturated carbocycles. The third-order valence-electron chi connectivity index (χ3n) is 6.17. The summed E-state index contributed by atoms with van der Waals surface area (Å²) in [5.41, 5.74) is -4.12. The summed E-state index contributed by atoms with van der Waals surface area (Å²) in [6.07, 6.45) is -7.92.